The lowest BCUT2D eigenvalue weighted by Gasteiger charge is -2.29. The van der Waals surface area contributed by atoms with Crippen molar-refractivity contribution in [1.29, 1.82) is 5.26 Å². The zero-order valence-corrected chi connectivity index (χ0v) is 23.4. The Hall–Kier alpha value is -4.63. The molecule has 8 nitrogen and oxygen atoms in total. The molecule has 0 saturated carbocycles. The molecule has 0 spiro atoms. The number of aromatic amines is 1. The Bertz CT molecular complexity index is 1780. The van der Waals surface area contributed by atoms with Crippen molar-refractivity contribution in [3.63, 3.8) is 0 Å². The number of H-pyrrole nitrogens is 1. The maximum atomic E-state index is 15.7. The minimum atomic E-state index is -3.46. The molecule has 0 bridgehead atoms. The second-order valence-electron chi connectivity index (χ2n) is 9.91. The highest BCUT2D eigenvalue weighted by atomic mass is 32.1. The summed E-state index contributed by atoms with van der Waals surface area (Å²) in [6.45, 7) is 6.51. The molecular formula is C29H24F3N7OS. The number of halogens is 3. The first-order valence-electron chi connectivity index (χ1n) is 12.7. The molecule has 4 aromatic rings. The summed E-state index contributed by atoms with van der Waals surface area (Å²) in [6, 6.07) is 10.0. The third kappa shape index (κ3) is 4.52. The minimum absolute atomic E-state index is 0.0452. The van der Waals surface area contributed by atoms with Crippen LogP contribution in [0.3, 0.4) is 0 Å². The molecule has 1 saturated heterocycles. The minimum Gasteiger partial charge on any atom is -0.303 e. The van der Waals surface area contributed by atoms with Crippen molar-refractivity contribution < 1.29 is 18.0 Å². The van der Waals surface area contributed by atoms with Gasteiger partial charge in [0.05, 0.1) is 17.3 Å². The number of thiocarbonyl (C=S) groups is 1. The van der Waals surface area contributed by atoms with Crippen LogP contribution in [0.1, 0.15) is 44.6 Å². The van der Waals surface area contributed by atoms with Crippen LogP contribution >= 0.6 is 12.2 Å². The predicted molar refractivity (Wildman–Crippen MR) is 153 cm³/mol. The van der Waals surface area contributed by atoms with Crippen molar-refractivity contribution in [3.8, 4) is 17.5 Å². The van der Waals surface area contributed by atoms with Gasteiger partial charge in [0.15, 0.2) is 10.9 Å². The van der Waals surface area contributed by atoms with E-state index < -0.39 is 28.7 Å². The Kier molecular flexibility index (Phi) is 6.87. The monoisotopic (exact) mass is 575 g/mol. The second-order valence-corrected chi connectivity index (χ2v) is 10.3. The third-order valence-electron chi connectivity index (χ3n) is 6.89. The van der Waals surface area contributed by atoms with Gasteiger partial charge < -0.3 is 4.90 Å². The van der Waals surface area contributed by atoms with Gasteiger partial charge in [-0.05, 0) is 75.5 Å². The van der Waals surface area contributed by atoms with Gasteiger partial charge in [-0.2, -0.15) is 19.1 Å². The molecule has 2 aromatic heterocycles. The van der Waals surface area contributed by atoms with Crippen LogP contribution in [0, 0.1) is 17.1 Å². The molecule has 3 heterocycles. The molecule has 1 aliphatic heterocycles. The number of rotatable bonds is 6. The Morgan fingerprint density at radius 1 is 1.17 bits per heavy atom. The Balaban J connectivity index is 1.67. The van der Waals surface area contributed by atoms with E-state index in [-0.39, 0.29) is 27.6 Å². The number of nitriles is 1. The maximum Gasteiger partial charge on any atom is 0.293 e. The van der Waals surface area contributed by atoms with Gasteiger partial charge >= 0.3 is 0 Å². The number of alkyl halides is 2. The predicted octanol–water partition coefficient (Wildman–Crippen LogP) is 6.18. The van der Waals surface area contributed by atoms with Crippen molar-refractivity contribution in [2.45, 2.75) is 45.6 Å². The number of anilines is 2. The van der Waals surface area contributed by atoms with E-state index in [1.165, 1.54) is 36.1 Å². The lowest BCUT2D eigenvalue weighted by Crippen LogP contribution is -2.44. The van der Waals surface area contributed by atoms with Gasteiger partial charge in [0.25, 0.3) is 11.8 Å². The number of hydrogen-bond donors (Lipinski definition) is 1. The second kappa shape index (κ2) is 10.1. The quantitative estimate of drug-likeness (QED) is 0.216. The van der Waals surface area contributed by atoms with Crippen LogP contribution in [0.25, 0.3) is 22.3 Å². The number of hydrogen-bond acceptors (Lipinski definition) is 6. The van der Waals surface area contributed by atoms with Crippen LogP contribution in [0.2, 0.25) is 0 Å². The summed E-state index contributed by atoms with van der Waals surface area (Å²) >= 11 is 5.71. The molecule has 0 atom stereocenters. The van der Waals surface area contributed by atoms with Crippen LogP contribution in [0.4, 0.5) is 24.5 Å². The van der Waals surface area contributed by atoms with Crippen LogP contribution in [0.5, 0.6) is 0 Å². The molecule has 41 heavy (non-hydrogen) atoms. The fraction of sp³-hybridized carbons (Fsp3) is 0.241. The van der Waals surface area contributed by atoms with Crippen molar-refractivity contribution in [2.75, 3.05) is 9.80 Å². The lowest BCUT2D eigenvalue weighted by molar-refractivity contribution is -0.120. The number of allylic oxidation sites excluding steroid dienone is 2. The Morgan fingerprint density at radius 2 is 1.93 bits per heavy atom. The van der Waals surface area contributed by atoms with E-state index in [0.29, 0.717) is 35.1 Å². The Morgan fingerprint density at radius 3 is 2.56 bits per heavy atom. The highest BCUT2D eigenvalue weighted by Crippen LogP contribution is 2.41. The highest BCUT2D eigenvalue weighted by molar-refractivity contribution is 7.81. The molecule has 1 fully saturated rings. The largest absolute Gasteiger partial charge is 0.303 e. The molecule has 12 heteroatoms. The number of nitrogens with one attached hydrogen (secondary N) is 1. The first kappa shape index (κ1) is 27.9. The van der Waals surface area contributed by atoms with E-state index in [9.17, 15) is 18.8 Å². The molecule has 1 aliphatic rings. The number of aromatic nitrogens is 4. The lowest BCUT2D eigenvalue weighted by atomic mass is 9.99. The van der Waals surface area contributed by atoms with E-state index in [0.717, 1.165) is 11.0 Å². The average molecular weight is 576 g/mol. The van der Waals surface area contributed by atoms with Gasteiger partial charge in [0.2, 0.25) is 0 Å². The number of carbonyl (C=O) groups excluding carboxylic acids is 1. The van der Waals surface area contributed by atoms with Crippen molar-refractivity contribution in [1.82, 2.24) is 20.2 Å². The molecule has 5 rings (SSSR count). The molecule has 1 N–H and O–H groups in total. The van der Waals surface area contributed by atoms with E-state index in [4.69, 9.17) is 12.2 Å². The summed E-state index contributed by atoms with van der Waals surface area (Å²) in [6.07, 6.45) is 3.95. The topological polar surface area (TPSA) is 102 Å². The van der Waals surface area contributed by atoms with Gasteiger partial charge in [-0.3, -0.25) is 14.8 Å². The van der Waals surface area contributed by atoms with E-state index in [2.05, 4.69) is 20.2 Å². The van der Waals surface area contributed by atoms with Gasteiger partial charge in [0.1, 0.15) is 28.3 Å². The van der Waals surface area contributed by atoms with Crippen LogP contribution in [-0.4, -0.2) is 36.7 Å². The summed E-state index contributed by atoms with van der Waals surface area (Å²) in [5.74, 6) is -4.19. The number of fused-ring (bicyclic) bond motifs is 1. The SMILES string of the molecule is C/C=C/C(F)(F)c1cc(N2C(=O)C(C)(C)N(c3cc(F)c4nc(CC)nc(-c5cc[nH]n5)c4c3)C2=S)ccc1C#N. The van der Waals surface area contributed by atoms with Gasteiger partial charge in [-0.15, -0.1) is 0 Å². The summed E-state index contributed by atoms with van der Waals surface area (Å²) in [4.78, 5) is 25.3. The fourth-order valence-electron chi connectivity index (χ4n) is 4.90. The summed E-state index contributed by atoms with van der Waals surface area (Å²) in [5, 5.41) is 16.7. The van der Waals surface area contributed by atoms with E-state index in [1.54, 1.807) is 38.2 Å². The zero-order valence-electron chi connectivity index (χ0n) is 22.5. The molecule has 208 valence electrons. The molecular weight excluding hydrogens is 551 g/mol. The van der Waals surface area contributed by atoms with Gasteiger partial charge in [0, 0.05) is 29.3 Å². The van der Waals surface area contributed by atoms with Crippen molar-refractivity contribution in [3.05, 3.63) is 77.5 Å². The summed E-state index contributed by atoms with van der Waals surface area (Å²) < 4.78 is 45.5. The van der Waals surface area contributed by atoms with Crippen LogP contribution in [-0.2, 0) is 17.1 Å². The summed E-state index contributed by atoms with van der Waals surface area (Å²) in [5.41, 5.74) is -0.839. The normalized spacial score (nSPS) is 15.4. The molecule has 0 radical (unpaired) electrons. The Labute approximate surface area is 239 Å². The van der Waals surface area contributed by atoms with E-state index >= 15 is 4.39 Å². The molecule has 2 aromatic carbocycles. The van der Waals surface area contributed by atoms with Crippen molar-refractivity contribution >= 4 is 45.5 Å². The molecule has 0 aliphatic carbocycles. The number of nitrogens with zero attached hydrogens (tertiary/aromatic N) is 6. The fourth-order valence-corrected chi connectivity index (χ4v) is 5.42. The van der Waals surface area contributed by atoms with Gasteiger partial charge in [-0.1, -0.05) is 13.0 Å². The highest BCUT2D eigenvalue weighted by Gasteiger charge is 2.51. The number of amides is 1. The average Bonchev–Trinajstić information content (AvgIpc) is 3.53. The van der Waals surface area contributed by atoms with Gasteiger partial charge in [-0.25, -0.2) is 14.4 Å². The van der Waals surface area contributed by atoms with E-state index in [1.807, 2.05) is 6.92 Å². The van der Waals surface area contributed by atoms with Crippen molar-refractivity contribution in [2.24, 2.45) is 0 Å². The first-order chi connectivity index (χ1) is 19.4. The number of aryl methyl sites for hydroxylation is 1. The molecule has 1 amide bonds. The molecule has 0 unspecified atom stereocenters. The van der Waals surface area contributed by atoms with Crippen LogP contribution < -0.4 is 9.80 Å². The maximum absolute atomic E-state index is 15.7. The first-order valence-corrected chi connectivity index (χ1v) is 13.1. The smallest absolute Gasteiger partial charge is 0.293 e. The number of benzene rings is 2. The standard InChI is InChI=1S/C29H24F3N7OS/c1-5-10-29(31,32)20-13-17(8-7-16(20)15-33)38-26(40)28(3,4)39(27(38)41)18-12-19-24(21(30)14-18)35-23(6-2)36-25(19)22-9-11-34-37-22/h5,7-14H,6H2,1-4H3,(H,34,37)/b10-5+. The summed E-state index contributed by atoms with van der Waals surface area (Å²) in [7, 11) is 0. The third-order valence-corrected chi connectivity index (χ3v) is 7.25. The number of carbonyl (C=O) groups is 1. The van der Waals surface area contributed by atoms with Crippen LogP contribution in [0.15, 0.2) is 54.7 Å². The zero-order chi connectivity index (χ0) is 29.7.